The molecule has 22 heavy (non-hydrogen) atoms. The molecule has 0 saturated heterocycles. The van der Waals surface area contributed by atoms with Gasteiger partial charge in [-0.1, -0.05) is 25.1 Å². The number of fused-ring (bicyclic) bond motifs is 1. The summed E-state index contributed by atoms with van der Waals surface area (Å²) in [5.41, 5.74) is 12.5. The predicted octanol–water partition coefficient (Wildman–Crippen LogP) is 5.05. The van der Waals surface area contributed by atoms with Gasteiger partial charge in [-0.05, 0) is 67.3 Å². The lowest BCUT2D eigenvalue weighted by molar-refractivity contribution is 0.748. The van der Waals surface area contributed by atoms with Crippen LogP contribution in [0.3, 0.4) is 0 Å². The Morgan fingerprint density at radius 1 is 1.18 bits per heavy atom. The van der Waals surface area contributed by atoms with Gasteiger partial charge in [-0.15, -0.1) is 11.3 Å². The van der Waals surface area contributed by atoms with Crippen LogP contribution in [0.4, 0.5) is 0 Å². The normalized spacial score (nSPS) is 11.4. The maximum atomic E-state index is 5.68. The first-order valence-corrected chi connectivity index (χ1v) is 9.01. The van der Waals surface area contributed by atoms with Crippen LogP contribution in [0.1, 0.15) is 36.5 Å². The lowest BCUT2D eigenvalue weighted by Crippen LogP contribution is -1.99. The zero-order valence-electron chi connectivity index (χ0n) is 13.4. The highest BCUT2D eigenvalue weighted by Crippen LogP contribution is 2.37. The molecule has 0 radical (unpaired) electrons. The van der Waals surface area contributed by atoms with Crippen LogP contribution in [0, 0.1) is 6.92 Å². The number of unbranched alkanes of at least 4 members (excludes halogenated alkanes) is 1. The van der Waals surface area contributed by atoms with Crippen LogP contribution < -0.4 is 5.73 Å². The Morgan fingerprint density at radius 3 is 2.73 bits per heavy atom. The smallest absolute Gasteiger partial charge is 0.0601 e. The highest BCUT2D eigenvalue weighted by molar-refractivity contribution is 7.13. The summed E-state index contributed by atoms with van der Waals surface area (Å²) in [5.74, 6) is 0. The maximum absolute atomic E-state index is 5.68. The fraction of sp³-hybridized carbons (Fsp3) is 0.368. The minimum Gasteiger partial charge on any atom is -0.353 e. The number of aryl methyl sites for hydroxylation is 3. The van der Waals surface area contributed by atoms with Gasteiger partial charge in [0.1, 0.15) is 0 Å². The van der Waals surface area contributed by atoms with Crippen LogP contribution in [0.2, 0.25) is 0 Å². The van der Waals surface area contributed by atoms with Crippen molar-refractivity contribution < 1.29 is 0 Å². The molecule has 3 rings (SSSR count). The van der Waals surface area contributed by atoms with Crippen molar-refractivity contribution in [1.82, 2.24) is 4.98 Å². The van der Waals surface area contributed by atoms with Crippen molar-refractivity contribution >= 4 is 22.2 Å². The third kappa shape index (κ3) is 2.71. The second kappa shape index (κ2) is 6.67. The van der Waals surface area contributed by atoms with E-state index in [1.807, 2.05) is 11.3 Å². The molecule has 3 aromatic rings. The maximum Gasteiger partial charge on any atom is 0.0601 e. The Balaban J connectivity index is 2.16. The molecule has 2 nitrogen and oxygen atoms in total. The zero-order chi connectivity index (χ0) is 15.5. The second-order valence-electron chi connectivity index (χ2n) is 5.85. The number of nitrogens with two attached hydrogens (primary N) is 1. The third-order valence-corrected chi connectivity index (χ3v) is 5.41. The van der Waals surface area contributed by atoms with Gasteiger partial charge in [0.25, 0.3) is 0 Å². The van der Waals surface area contributed by atoms with E-state index in [2.05, 4.69) is 48.5 Å². The monoisotopic (exact) mass is 312 g/mol. The molecule has 0 spiro atoms. The Hall–Kier alpha value is -1.58. The zero-order valence-corrected chi connectivity index (χ0v) is 14.2. The van der Waals surface area contributed by atoms with Crippen LogP contribution in [-0.2, 0) is 12.8 Å². The lowest BCUT2D eigenvalue weighted by Gasteiger charge is -2.04. The van der Waals surface area contributed by atoms with Crippen LogP contribution in [-0.4, -0.2) is 11.5 Å². The molecule has 0 atom stereocenters. The van der Waals surface area contributed by atoms with Crippen LogP contribution in [0.5, 0.6) is 0 Å². The average molecular weight is 312 g/mol. The van der Waals surface area contributed by atoms with Gasteiger partial charge in [-0.3, -0.25) is 0 Å². The van der Waals surface area contributed by atoms with Crippen molar-refractivity contribution in [2.24, 2.45) is 5.73 Å². The van der Waals surface area contributed by atoms with Gasteiger partial charge in [-0.2, -0.15) is 0 Å². The number of aromatic amines is 1. The van der Waals surface area contributed by atoms with Gasteiger partial charge < -0.3 is 10.7 Å². The number of aromatic nitrogens is 1. The van der Waals surface area contributed by atoms with Crippen molar-refractivity contribution in [3.05, 3.63) is 46.3 Å². The van der Waals surface area contributed by atoms with Gasteiger partial charge in [0.05, 0.1) is 10.6 Å². The van der Waals surface area contributed by atoms with Crippen molar-refractivity contribution in [3.63, 3.8) is 0 Å². The molecule has 116 valence electrons. The third-order valence-electron chi connectivity index (χ3n) is 4.38. The molecule has 0 aliphatic heterocycles. The molecule has 2 aromatic heterocycles. The van der Waals surface area contributed by atoms with Gasteiger partial charge in [0.15, 0.2) is 0 Å². The van der Waals surface area contributed by atoms with E-state index < -0.39 is 0 Å². The summed E-state index contributed by atoms with van der Waals surface area (Å²) >= 11 is 1.83. The fourth-order valence-electron chi connectivity index (χ4n) is 3.16. The van der Waals surface area contributed by atoms with Crippen molar-refractivity contribution in [3.8, 4) is 10.6 Å². The number of hydrogen-bond acceptors (Lipinski definition) is 2. The molecule has 0 bridgehead atoms. The van der Waals surface area contributed by atoms with Crippen LogP contribution >= 0.6 is 11.3 Å². The van der Waals surface area contributed by atoms with Gasteiger partial charge >= 0.3 is 0 Å². The molecule has 0 aliphatic rings. The van der Waals surface area contributed by atoms with E-state index in [4.69, 9.17) is 5.73 Å². The van der Waals surface area contributed by atoms with E-state index in [1.165, 1.54) is 38.2 Å². The fourth-order valence-corrected chi connectivity index (χ4v) is 4.11. The first kappa shape index (κ1) is 15.3. The summed E-state index contributed by atoms with van der Waals surface area (Å²) in [6.45, 7) is 5.19. The molecule has 1 aromatic carbocycles. The minimum atomic E-state index is 0.774. The van der Waals surface area contributed by atoms with Crippen LogP contribution in [0.15, 0.2) is 29.6 Å². The first-order chi connectivity index (χ1) is 10.8. The summed E-state index contributed by atoms with van der Waals surface area (Å²) in [7, 11) is 0. The summed E-state index contributed by atoms with van der Waals surface area (Å²) < 4.78 is 0. The Labute approximate surface area is 136 Å². The number of rotatable bonds is 6. The Bertz CT molecular complexity index is 767. The van der Waals surface area contributed by atoms with Crippen molar-refractivity contribution in [2.75, 3.05) is 6.54 Å². The summed E-state index contributed by atoms with van der Waals surface area (Å²) in [6.07, 6.45) is 4.39. The van der Waals surface area contributed by atoms with E-state index in [0.29, 0.717) is 0 Å². The van der Waals surface area contributed by atoms with Gasteiger partial charge in [-0.25, -0.2) is 0 Å². The molecule has 0 amide bonds. The van der Waals surface area contributed by atoms with Gasteiger partial charge in [0.2, 0.25) is 0 Å². The molecular weight excluding hydrogens is 288 g/mol. The van der Waals surface area contributed by atoms with E-state index in [-0.39, 0.29) is 0 Å². The molecular formula is C19H24N2S. The highest BCUT2D eigenvalue weighted by Gasteiger charge is 2.16. The summed E-state index contributed by atoms with van der Waals surface area (Å²) in [4.78, 5) is 5.11. The topological polar surface area (TPSA) is 41.8 Å². The van der Waals surface area contributed by atoms with E-state index in [0.717, 1.165) is 32.2 Å². The lowest BCUT2D eigenvalue weighted by atomic mass is 10.0. The second-order valence-corrected chi connectivity index (χ2v) is 6.77. The molecule has 0 fully saturated rings. The molecule has 0 saturated carbocycles. The van der Waals surface area contributed by atoms with Crippen molar-refractivity contribution in [2.45, 2.75) is 39.5 Å². The SMILES string of the molecule is CCc1cccc2c(CCCCN)c(-c3sccc3C)[nH]c12. The van der Waals surface area contributed by atoms with Gasteiger partial charge in [0, 0.05) is 10.9 Å². The summed E-state index contributed by atoms with van der Waals surface area (Å²) in [6, 6.07) is 8.88. The van der Waals surface area contributed by atoms with E-state index >= 15 is 0 Å². The molecule has 3 heteroatoms. The molecule has 0 aliphatic carbocycles. The Kier molecular flexibility index (Phi) is 4.65. The highest BCUT2D eigenvalue weighted by atomic mass is 32.1. The predicted molar refractivity (Wildman–Crippen MR) is 97.7 cm³/mol. The van der Waals surface area contributed by atoms with E-state index in [1.54, 1.807) is 0 Å². The standard InChI is InChI=1S/C19H24N2S/c1-3-14-7-6-9-15-16(8-4-5-11-20)18(21-17(14)15)19-13(2)10-12-22-19/h6-7,9-10,12,21H,3-5,8,11,20H2,1-2H3. The average Bonchev–Trinajstić information content (AvgIpc) is 3.11. The quantitative estimate of drug-likeness (QED) is 0.615. The number of para-hydroxylation sites is 1. The number of thiophene rings is 1. The number of H-pyrrole nitrogens is 1. The van der Waals surface area contributed by atoms with Crippen molar-refractivity contribution in [1.29, 1.82) is 0 Å². The number of nitrogens with one attached hydrogen (secondary N) is 1. The molecule has 3 N–H and O–H groups in total. The van der Waals surface area contributed by atoms with Crippen LogP contribution in [0.25, 0.3) is 21.5 Å². The Morgan fingerprint density at radius 2 is 2.05 bits per heavy atom. The van der Waals surface area contributed by atoms with E-state index in [9.17, 15) is 0 Å². The minimum absolute atomic E-state index is 0.774. The molecule has 2 heterocycles. The largest absolute Gasteiger partial charge is 0.353 e. The summed E-state index contributed by atoms with van der Waals surface area (Å²) in [5, 5.41) is 3.57. The molecule has 0 unspecified atom stereocenters. The first-order valence-electron chi connectivity index (χ1n) is 8.13. The number of hydrogen-bond donors (Lipinski definition) is 2. The number of benzene rings is 1.